The van der Waals surface area contributed by atoms with Crippen LogP contribution in [0.1, 0.15) is 56.1 Å². The molecule has 2 fully saturated rings. The van der Waals surface area contributed by atoms with Crippen LogP contribution in [0.4, 0.5) is 0 Å². The van der Waals surface area contributed by atoms with Crippen LogP contribution in [-0.2, 0) is 16.0 Å². The summed E-state index contributed by atoms with van der Waals surface area (Å²) in [6.45, 7) is 3.00. The van der Waals surface area contributed by atoms with Crippen molar-refractivity contribution >= 4 is 11.9 Å². The van der Waals surface area contributed by atoms with E-state index in [2.05, 4.69) is 41.2 Å². The molecule has 6 heteroatoms. The molecule has 0 unspecified atom stereocenters. The summed E-state index contributed by atoms with van der Waals surface area (Å²) >= 11 is 0. The maximum Gasteiger partial charge on any atom is 0.310 e. The third-order valence-corrected chi connectivity index (χ3v) is 7.81. The Labute approximate surface area is 212 Å². The molecule has 1 saturated heterocycles. The summed E-state index contributed by atoms with van der Waals surface area (Å²) in [6.07, 6.45) is 10.0. The van der Waals surface area contributed by atoms with Crippen LogP contribution in [0, 0.1) is 11.8 Å². The van der Waals surface area contributed by atoms with E-state index in [9.17, 15) is 9.59 Å². The highest BCUT2D eigenvalue weighted by molar-refractivity contribution is 5.81. The minimum Gasteiger partial charge on any atom is -0.481 e. The lowest BCUT2D eigenvalue weighted by Crippen LogP contribution is -2.53. The molecule has 3 aromatic rings. The van der Waals surface area contributed by atoms with E-state index in [1.807, 2.05) is 36.7 Å². The van der Waals surface area contributed by atoms with E-state index in [1.165, 1.54) is 31.2 Å². The second kappa shape index (κ2) is 10.6. The molecule has 1 aliphatic carbocycles. The Hall–Kier alpha value is -3.54. The number of aliphatic carboxylic acids is 1. The molecule has 186 valence electrons. The van der Waals surface area contributed by atoms with Crippen LogP contribution in [0.2, 0.25) is 0 Å². The number of rotatable bonds is 7. The standard InChI is InChI=1S/C30H33N3O3/c1-20-2-7-22(8-3-20)23-11-13-24(14-12-23)26-16-31-29(32-17-26)25-9-4-21(5-10-25)6-15-28(34)33-18-27(19-33)30(35)36/h4-5,9-14,16-17,20,22,27H,2-3,6-8,15,18-19H2,1H3,(H,35,36)/t20-,22+. The van der Waals surface area contributed by atoms with Crippen molar-refractivity contribution in [2.24, 2.45) is 11.8 Å². The summed E-state index contributed by atoms with van der Waals surface area (Å²) in [7, 11) is 0. The van der Waals surface area contributed by atoms with Crippen LogP contribution < -0.4 is 0 Å². The zero-order valence-electron chi connectivity index (χ0n) is 20.8. The predicted molar refractivity (Wildman–Crippen MR) is 139 cm³/mol. The first-order chi connectivity index (χ1) is 17.5. The Kier molecular flexibility index (Phi) is 7.12. The molecule has 2 aromatic carbocycles. The number of amides is 1. The van der Waals surface area contributed by atoms with E-state index in [-0.39, 0.29) is 5.91 Å². The molecule has 5 rings (SSSR count). The van der Waals surface area contributed by atoms with Gasteiger partial charge in [0.2, 0.25) is 5.91 Å². The van der Waals surface area contributed by atoms with Gasteiger partial charge in [0.15, 0.2) is 5.82 Å². The van der Waals surface area contributed by atoms with Gasteiger partial charge in [-0.2, -0.15) is 0 Å². The number of carboxylic acids is 1. The van der Waals surface area contributed by atoms with Gasteiger partial charge in [-0.25, -0.2) is 9.97 Å². The molecule has 0 bridgehead atoms. The van der Waals surface area contributed by atoms with Gasteiger partial charge in [0, 0.05) is 43.0 Å². The van der Waals surface area contributed by atoms with Crippen molar-refractivity contribution in [3.05, 3.63) is 72.1 Å². The molecule has 1 N–H and O–H groups in total. The first-order valence-electron chi connectivity index (χ1n) is 13.0. The number of carbonyl (C=O) groups excluding carboxylic acids is 1. The zero-order chi connectivity index (χ0) is 25.1. The van der Waals surface area contributed by atoms with E-state index >= 15 is 0 Å². The first kappa shape index (κ1) is 24.2. The largest absolute Gasteiger partial charge is 0.481 e. The van der Waals surface area contributed by atoms with E-state index in [0.29, 0.717) is 37.7 Å². The molecule has 1 aromatic heterocycles. The van der Waals surface area contributed by atoms with Crippen molar-refractivity contribution in [1.82, 2.24) is 14.9 Å². The lowest BCUT2D eigenvalue weighted by Gasteiger charge is -2.36. The summed E-state index contributed by atoms with van der Waals surface area (Å²) in [4.78, 5) is 33.9. The molecular weight excluding hydrogens is 450 g/mol. The van der Waals surface area contributed by atoms with Crippen LogP contribution in [0.15, 0.2) is 60.9 Å². The van der Waals surface area contributed by atoms with Gasteiger partial charge in [0.05, 0.1) is 5.92 Å². The maximum atomic E-state index is 12.2. The average Bonchev–Trinajstić information content (AvgIpc) is 2.87. The van der Waals surface area contributed by atoms with Gasteiger partial charge in [-0.3, -0.25) is 9.59 Å². The number of hydrogen-bond donors (Lipinski definition) is 1. The molecule has 0 atom stereocenters. The maximum absolute atomic E-state index is 12.2. The second-order valence-corrected chi connectivity index (χ2v) is 10.4. The Bertz CT molecular complexity index is 1190. The van der Waals surface area contributed by atoms with Gasteiger partial charge in [-0.05, 0) is 47.8 Å². The summed E-state index contributed by atoms with van der Waals surface area (Å²) in [5.74, 6) is 1.00. The van der Waals surface area contributed by atoms with Gasteiger partial charge in [0.1, 0.15) is 0 Å². The van der Waals surface area contributed by atoms with E-state index < -0.39 is 11.9 Å². The van der Waals surface area contributed by atoms with Crippen molar-refractivity contribution < 1.29 is 14.7 Å². The van der Waals surface area contributed by atoms with Crippen molar-refractivity contribution in [3.63, 3.8) is 0 Å². The monoisotopic (exact) mass is 483 g/mol. The molecule has 36 heavy (non-hydrogen) atoms. The van der Waals surface area contributed by atoms with E-state index in [0.717, 1.165) is 28.2 Å². The Morgan fingerprint density at radius 3 is 2.08 bits per heavy atom. The van der Waals surface area contributed by atoms with Gasteiger partial charge >= 0.3 is 5.97 Å². The van der Waals surface area contributed by atoms with Crippen LogP contribution >= 0.6 is 0 Å². The summed E-state index contributed by atoms with van der Waals surface area (Å²) in [5.41, 5.74) is 5.58. The van der Waals surface area contributed by atoms with Gasteiger partial charge in [-0.1, -0.05) is 68.3 Å². The normalized spacial score (nSPS) is 20.1. The number of aryl methyl sites for hydroxylation is 1. The number of nitrogens with zero attached hydrogens (tertiary/aromatic N) is 3. The van der Waals surface area contributed by atoms with E-state index in [4.69, 9.17) is 5.11 Å². The summed E-state index contributed by atoms with van der Waals surface area (Å²) < 4.78 is 0. The minimum absolute atomic E-state index is 0.0110. The molecule has 1 amide bonds. The quantitative estimate of drug-likeness (QED) is 0.474. The van der Waals surface area contributed by atoms with Crippen LogP contribution in [0.5, 0.6) is 0 Å². The number of carbonyl (C=O) groups is 2. The highest BCUT2D eigenvalue weighted by Gasteiger charge is 2.35. The minimum atomic E-state index is -0.827. The van der Waals surface area contributed by atoms with Gasteiger partial charge in [-0.15, -0.1) is 0 Å². The topological polar surface area (TPSA) is 83.4 Å². The average molecular weight is 484 g/mol. The predicted octanol–water partition coefficient (Wildman–Crippen LogP) is 5.58. The first-order valence-corrected chi connectivity index (χ1v) is 13.0. The fourth-order valence-electron chi connectivity index (χ4n) is 5.24. The molecule has 2 aliphatic rings. The van der Waals surface area contributed by atoms with Crippen molar-refractivity contribution in [3.8, 4) is 22.5 Å². The van der Waals surface area contributed by atoms with Crippen molar-refractivity contribution in [2.45, 2.75) is 51.4 Å². The van der Waals surface area contributed by atoms with Crippen molar-refractivity contribution in [2.75, 3.05) is 13.1 Å². The molecule has 1 saturated carbocycles. The number of likely N-dealkylation sites (tertiary alicyclic amines) is 1. The second-order valence-electron chi connectivity index (χ2n) is 10.4. The van der Waals surface area contributed by atoms with Crippen LogP contribution in [0.3, 0.4) is 0 Å². The number of carboxylic acid groups (broad SMARTS) is 1. The Morgan fingerprint density at radius 2 is 1.47 bits per heavy atom. The molecule has 0 radical (unpaired) electrons. The van der Waals surface area contributed by atoms with Gasteiger partial charge in [0.25, 0.3) is 0 Å². The zero-order valence-corrected chi connectivity index (χ0v) is 20.8. The highest BCUT2D eigenvalue weighted by atomic mass is 16.4. The number of benzene rings is 2. The molecular formula is C30H33N3O3. The Balaban J connectivity index is 1.15. The van der Waals surface area contributed by atoms with Crippen molar-refractivity contribution in [1.29, 1.82) is 0 Å². The fourth-order valence-corrected chi connectivity index (χ4v) is 5.24. The molecule has 0 spiro atoms. The summed E-state index contributed by atoms with van der Waals surface area (Å²) in [6, 6.07) is 16.9. The molecule has 1 aliphatic heterocycles. The van der Waals surface area contributed by atoms with Crippen LogP contribution in [0.25, 0.3) is 22.5 Å². The SMILES string of the molecule is C[C@H]1CC[C@@H](c2ccc(-c3cnc(-c4ccc(CCC(=O)N5CC(C(=O)O)C5)cc4)nc3)cc2)CC1. The third kappa shape index (κ3) is 5.48. The lowest BCUT2D eigenvalue weighted by atomic mass is 9.79. The smallest absolute Gasteiger partial charge is 0.310 e. The number of aromatic nitrogens is 2. The Morgan fingerprint density at radius 1 is 0.861 bits per heavy atom. The summed E-state index contributed by atoms with van der Waals surface area (Å²) in [5, 5.41) is 8.95. The molecule has 6 nitrogen and oxygen atoms in total. The lowest BCUT2D eigenvalue weighted by molar-refractivity contribution is -0.152. The third-order valence-electron chi connectivity index (χ3n) is 7.81. The molecule has 2 heterocycles. The van der Waals surface area contributed by atoms with Crippen LogP contribution in [-0.4, -0.2) is 44.9 Å². The fraction of sp³-hybridized carbons (Fsp3) is 0.400. The van der Waals surface area contributed by atoms with E-state index in [1.54, 1.807) is 4.90 Å². The highest BCUT2D eigenvalue weighted by Crippen LogP contribution is 2.36. The van der Waals surface area contributed by atoms with Gasteiger partial charge < -0.3 is 10.0 Å². The number of hydrogen-bond acceptors (Lipinski definition) is 4.